The molecule has 1 aromatic rings. The molecule has 0 saturated carbocycles. The fourth-order valence-electron chi connectivity index (χ4n) is 1.03. The van der Waals surface area contributed by atoms with Crippen molar-refractivity contribution in [3.63, 3.8) is 0 Å². The van der Waals surface area contributed by atoms with E-state index in [0.717, 1.165) is 17.7 Å². The number of ketones is 1. The molecule has 0 spiro atoms. The number of hydrogen-bond acceptors (Lipinski definition) is 4. The molecule has 0 fully saturated rings. The summed E-state index contributed by atoms with van der Waals surface area (Å²) in [5.74, 6) is 0.829. The number of carbonyl (C=O) groups is 2. The monoisotopic (exact) mass is 315 g/mol. The van der Waals surface area contributed by atoms with Crippen LogP contribution in [0.25, 0.3) is 0 Å². The Morgan fingerprint density at radius 2 is 1.65 bits per heavy atom. The number of Topliss-reactive ketones (excluding diaryl/α,β-unsaturated/α-hetero) is 1. The summed E-state index contributed by atoms with van der Waals surface area (Å²) in [4.78, 5) is 22.7. The van der Waals surface area contributed by atoms with Gasteiger partial charge in [0.25, 0.3) is 0 Å². The highest BCUT2D eigenvalue weighted by molar-refractivity contribution is 8.14. The van der Waals surface area contributed by atoms with E-state index in [1.165, 1.54) is 6.92 Å². The van der Waals surface area contributed by atoms with Crippen LogP contribution in [0.2, 0.25) is 0 Å². The predicted molar refractivity (Wildman–Crippen MR) is 85.0 cm³/mol. The highest BCUT2D eigenvalue weighted by Crippen LogP contribution is 2.10. The van der Waals surface area contributed by atoms with Gasteiger partial charge in [-0.3, -0.25) is 9.59 Å². The molecule has 0 aliphatic rings. The predicted octanol–water partition coefficient (Wildman–Crippen LogP) is 2.79. The molecule has 4 nitrogen and oxygen atoms in total. The van der Waals surface area contributed by atoms with Gasteiger partial charge in [0.05, 0.1) is 10.6 Å². The minimum Gasteiger partial charge on any atom is -0.293 e. The summed E-state index contributed by atoms with van der Waals surface area (Å²) in [6, 6.07) is 6.20. The molecule has 0 aliphatic carbocycles. The van der Waals surface area contributed by atoms with E-state index in [-0.39, 0.29) is 16.7 Å². The Morgan fingerprint density at radius 3 is 2.00 bits per heavy atom. The topological polar surface area (TPSA) is 77.2 Å². The van der Waals surface area contributed by atoms with Crippen molar-refractivity contribution in [1.29, 1.82) is 0 Å². The normalized spacial score (nSPS) is 11.5. The third-order valence-corrected chi connectivity index (χ3v) is 3.36. The lowest BCUT2D eigenvalue weighted by molar-refractivity contribution is -0.109. The molecular weight excluding hydrogens is 294 g/mol. The second kappa shape index (κ2) is 9.85. The summed E-state index contributed by atoms with van der Waals surface area (Å²) in [6.07, 6.45) is 0. The van der Waals surface area contributed by atoms with Gasteiger partial charge in [0, 0.05) is 12.5 Å². The largest absolute Gasteiger partial charge is 0.293 e. The summed E-state index contributed by atoms with van der Waals surface area (Å²) in [5.41, 5.74) is 0.489. The van der Waals surface area contributed by atoms with Crippen LogP contribution in [0.1, 0.15) is 38.1 Å². The molecule has 1 aromatic carbocycles. The third-order valence-electron chi connectivity index (χ3n) is 1.82. The van der Waals surface area contributed by atoms with Crippen molar-refractivity contribution in [2.24, 2.45) is 11.1 Å². The number of benzene rings is 1. The Bertz CT molecular complexity index is 467. The van der Waals surface area contributed by atoms with Crippen LogP contribution < -0.4 is 5.14 Å². The fourth-order valence-corrected chi connectivity index (χ4v) is 1.93. The van der Waals surface area contributed by atoms with Crippen LogP contribution in [0.3, 0.4) is 0 Å². The summed E-state index contributed by atoms with van der Waals surface area (Å²) >= 11 is 0.972. The highest BCUT2D eigenvalue weighted by atomic mass is 32.2. The minimum atomic E-state index is -1.53. The maximum atomic E-state index is 11.6. The van der Waals surface area contributed by atoms with E-state index in [0.29, 0.717) is 10.5 Å². The lowest BCUT2D eigenvalue weighted by Crippen LogP contribution is -2.06. The van der Waals surface area contributed by atoms with Crippen LogP contribution in [0.15, 0.2) is 29.2 Å². The van der Waals surface area contributed by atoms with E-state index in [1.807, 2.05) is 0 Å². The first-order valence-corrected chi connectivity index (χ1v) is 8.36. The van der Waals surface area contributed by atoms with Gasteiger partial charge in [0.2, 0.25) is 0 Å². The molecule has 0 amide bonds. The number of nitrogens with two attached hydrogens (primary N) is 1. The molecule has 0 heterocycles. The fraction of sp³-hybridized carbons (Fsp3) is 0.429. The summed E-state index contributed by atoms with van der Waals surface area (Å²) in [6.45, 7) is 7.92. The van der Waals surface area contributed by atoms with Crippen LogP contribution in [0.5, 0.6) is 0 Å². The first-order valence-electron chi connectivity index (χ1n) is 6.16. The average Bonchev–Trinajstić information content (AvgIpc) is 2.35. The smallest absolute Gasteiger partial charge is 0.186 e. The standard InChI is InChI=1S/C10H11NO3S2.C4H10/c1-7(12)15-6-10(13)8-2-4-9(5-3-8)16(11)14;1-4(2)3/h2-5H,6,11H2,1H3;4H,1-3H3. The second-order valence-corrected chi connectivity index (χ2v) is 6.98. The molecule has 0 radical (unpaired) electrons. The number of thioether (sulfide) groups is 1. The first kappa shape index (κ1) is 19.0. The Kier molecular flexibility index (Phi) is 9.37. The molecule has 1 rings (SSSR count). The third kappa shape index (κ3) is 9.01. The van der Waals surface area contributed by atoms with E-state index in [9.17, 15) is 13.8 Å². The van der Waals surface area contributed by atoms with Crippen LogP contribution in [0.4, 0.5) is 0 Å². The summed E-state index contributed by atoms with van der Waals surface area (Å²) in [7, 11) is -1.53. The van der Waals surface area contributed by atoms with E-state index < -0.39 is 11.0 Å². The molecule has 20 heavy (non-hydrogen) atoms. The molecular formula is C14H21NO3S2. The highest BCUT2D eigenvalue weighted by Gasteiger charge is 2.08. The zero-order chi connectivity index (χ0) is 15.7. The van der Waals surface area contributed by atoms with Gasteiger partial charge in [0.1, 0.15) is 11.0 Å². The van der Waals surface area contributed by atoms with Gasteiger partial charge in [-0.15, -0.1) is 0 Å². The van der Waals surface area contributed by atoms with Crippen molar-refractivity contribution in [3.05, 3.63) is 29.8 Å². The number of rotatable bonds is 4. The molecule has 112 valence electrons. The van der Waals surface area contributed by atoms with Crippen LogP contribution in [-0.4, -0.2) is 20.9 Å². The van der Waals surface area contributed by atoms with Gasteiger partial charge in [-0.2, -0.15) is 0 Å². The lowest BCUT2D eigenvalue weighted by atomic mass is 10.1. The van der Waals surface area contributed by atoms with Crippen molar-refractivity contribution in [2.45, 2.75) is 32.6 Å². The van der Waals surface area contributed by atoms with Crippen LogP contribution in [0, 0.1) is 5.92 Å². The molecule has 0 aliphatic heterocycles. The van der Waals surface area contributed by atoms with Crippen molar-refractivity contribution >= 4 is 33.6 Å². The van der Waals surface area contributed by atoms with E-state index in [1.54, 1.807) is 24.3 Å². The Morgan fingerprint density at radius 1 is 1.20 bits per heavy atom. The molecule has 2 N–H and O–H groups in total. The van der Waals surface area contributed by atoms with Gasteiger partial charge >= 0.3 is 0 Å². The van der Waals surface area contributed by atoms with Gasteiger partial charge in [-0.1, -0.05) is 44.7 Å². The molecule has 0 aromatic heterocycles. The van der Waals surface area contributed by atoms with Gasteiger partial charge in [0.15, 0.2) is 10.9 Å². The van der Waals surface area contributed by atoms with Crippen molar-refractivity contribution in [2.75, 3.05) is 5.75 Å². The maximum Gasteiger partial charge on any atom is 0.186 e. The lowest BCUT2D eigenvalue weighted by Gasteiger charge is -2.00. The van der Waals surface area contributed by atoms with E-state index in [2.05, 4.69) is 20.8 Å². The summed E-state index contributed by atoms with van der Waals surface area (Å²) < 4.78 is 10.9. The van der Waals surface area contributed by atoms with E-state index >= 15 is 0 Å². The van der Waals surface area contributed by atoms with Crippen LogP contribution >= 0.6 is 11.8 Å². The van der Waals surface area contributed by atoms with Gasteiger partial charge < -0.3 is 0 Å². The molecule has 1 atom stereocenters. The number of hydrogen-bond donors (Lipinski definition) is 1. The average molecular weight is 315 g/mol. The molecule has 0 bridgehead atoms. The van der Waals surface area contributed by atoms with Gasteiger partial charge in [-0.05, 0) is 18.1 Å². The zero-order valence-corrected chi connectivity index (χ0v) is 13.8. The van der Waals surface area contributed by atoms with Crippen LogP contribution in [-0.2, 0) is 15.8 Å². The first-order chi connectivity index (χ1) is 9.23. The quantitative estimate of drug-likeness (QED) is 0.867. The zero-order valence-electron chi connectivity index (χ0n) is 12.2. The SMILES string of the molecule is CC(=O)SCC(=O)c1ccc(S(N)=O)cc1.CC(C)C. The second-order valence-electron chi connectivity index (χ2n) is 4.76. The van der Waals surface area contributed by atoms with Crippen molar-refractivity contribution in [1.82, 2.24) is 0 Å². The van der Waals surface area contributed by atoms with Crippen molar-refractivity contribution in [3.8, 4) is 0 Å². The van der Waals surface area contributed by atoms with Crippen molar-refractivity contribution < 1.29 is 13.8 Å². The molecule has 1 unspecified atom stereocenters. The van der Waals surface area contributed by atoms with Gasteiger partial charge in [-0.25, -0.2) is 9.35 Å². The Hall–Kier alpha value is -0.980. The maximum absolute atomic E-state index is 11.6. The Balaban J connectivity index is 0.000000796. The minimum absolute atomic E-state index is 0.0898. The molecule has 6 heteroatoms. The Labute approximate surface area is 127 Å². The number of carbonyl (C=O) groups excluding carboxylic acids is 2. The van der Waals surface area contributed by atoms with E-state index in [4.69, 9.17) is 5.14 Å². The molecule has 0 saturated heterocycles. The summed E-state index contributed by atoms with van der Waals surface area (Å²) in [5, 5.41) is 5.09.